The summed E-state index contributed by atoms with van der Waals surface area (Å²) in [6.45, 7) is 1.86. The monoisotopic (exact) mass is 395 g/mol. The molecule has 0 saturated carbocycles. The molecule has 1 aliphatic carbocycles. The molecular weight excluding hydrogens is 378 g/mol. The fourth-order valence-electron chi connectivity index (χ4n) is 3.69. The Bertz CT molecular complexity index is 1170. The van der Waals surface area contributed by atoms with Crippen LogP contribution in [0.1, 0.15) is 60.5 Å². The lowest BCUT2D eigenvalue weighted by Gasteiger charge is -2.16. The summed E-state index contributed by atoms with van der Waals surface area (Å²) in [5.74, 6) is -2.10. The number of hydrogen-bond acceptors (Lipinski definition) is 7. The van der Waals surface area contributed by atoms with Gasteiger partial charge >= 0.3 is 11.9 Å². The Balaban J connectivity index is 1.66. The van der Waals surface area contributed by atoms with Crippen molar-refractivity contribution in [2.45, 2.75) is 25.8 Å². The molecule has 0 radical (unpaired) electrons. The Morgan fingerprint density at radius 2 is 2.10 bits per heavy atom. The molecule has 2 aromatic heterocycles. The van der Waals surface area contributed by atoms with Crippen molar-refractivity contribution in [1.29, 1.82) is 0 Å². The van der Waals surface area contributed by atoms with Crippen molar-refractivity contribution in [3.63, 3.8) is 0 Å². The summed E-state index contributed by atoms with van der Waals surface area (Å²) in [5.41, 5.74) is 3.06. The summed E-state index contributed by atoms with van der Waals surface area (Å²) < 4.78 is 6.15. The zero-order chi connectivity index (χ0) is 20.7. The zero-order valence-electron chi connectivity index (χ0n) is 15.7. The van der Waals surface area contributed by atoms with E-state index in [9.17, 15) is 19.5 Å². The van der Waals surface area contributed by atoms with Crippen LogP contribution in [0.15, 0.2) is 24.5 Å². The molecular formula is C19H17N5O5. The van der Waals surface area contributed by atoms with Crippen LogP contribution in [0.2, 0.25) is 0 Å². The molecule has 0 saturated heterocycles. The van der Waals surface area contributed by atoms with Gasteiger partial charge in [0.05, 0.1) is 18.7 Å². The van der Waals surface area contributed by atoms with Crippen molar-refractivity contribution < 1.29 is 24.2 Å². The van der Waals surface area contributed by atoms with E-state index in [1.54, 1.807) is 6.07 Å². The predicted molar refractivity (Wildman–Crippen MR) is 98.8 cm³/mol. The Morgan fingerprint density at radius 1 is 1.31 bits per heavy atom. The summed E-state index contributed by atoms with van der Waals surface area (Å²) in [4.78, 5) is 40.0. The van der Waals surface area contributed by atoms with Crippen LogP contribution in [0.5, 0.6) is 0 Å². The molecule has 0 fully saturated rings. The molecule has 4 rings (SSSR count). The maximum absolute atomic E-state index is 12.9. The smallest absolute Gasteiger partial charge is 0.354 e. The van der Waals surface area contributed by atoms with E-state index in [0.29, 0.717) is 18.4 Å². The first kappa shape index (κ1) is 18.5. The quantitative estimate of drug-likeness (QED) is 0.632. The third-order valence-electron chi connectivity index (χ3n) is 5.14. The lowest BCUT2D eigenvalue weighted by molar-refractivity contribution is 0.0598. The first-order chi connectivity index (χ1) is 13.9. The van der Waals surface area contributed by atoms with Gasteiger partial charge in [-0.15, -0.1) is 10.2 Å². The number of nitrogens with one attached hydrogen (secondary N) is 1. The van der Waals surface area contributed by atoms with Gasteiger partial charge in [0, 0.05) is 6.07 Å². The van der Waals surface area contributed by atoms with Crippen molar-refractivity contribution in [2.24, 2.45) is 0 Å². The van der Waals surface area contributed by atoms with Gasteiger partial charge in [-0.05, 0) is 42.5 Å². The van der Waals surface area contributed by atoms with E-state index in [4.69, 9.17) is 4.74 Å². The lowest BCUT2D eigenvalue weighted by atomic mass is 9.98. The molecule has 3 aromatic rings. The molecule has 2 N–H and O–H groups in total. The number of benzene rings is 1. The van der Waals surface area contributed by atoms with Crippen LogP contribution < -0.4 is 5.32 Å². The van der Waals surface area contributed by atoms with Gasteiger partial charge in [0.15, 0.2) is 5.69 Å². The summed E-state index contributed by atoms with van der Waals surface area (Å²) >= 11 is 0. The van der Waals surface area contributed by atoms with Gasteiger partial charge in [-0.3, -0.25) is 9.20 Å². The number of carbonyl (C=O) groups excluding carboxylic acids is 2. The van der Waals surface area contributed by atoms with Crippen LogP contribution in [0.4, 0.5) is 0 Å². The third kappa shape index (κ3) is 3.08. The highest BCUT2D eigenvalue weighted by Crippen LogP contribution is 2.35. The number of amides is 1. The van der Waals surface area contributed by atoms with Gasteiger partial charge in [-0.1, -0.05) is 6.07 Å². The average molecular weight is 395 g/mol. The highest BCUT2D eigenvalue weighted by Gasteiger charge is 2.29. The van der Waals surface area contributed by atoms with E-state index in [0.717, 1.165) is 16.7 Å². The second kappa shape index (κ2) is 6.97. The number of nitrogens with zero attached hydrogens (tertiary/aromatic N) is 4. The highest BCUT2D eigenvalue weighted by molar-refractivity contribution is 5.96. The van der Waals surface area contributed by atoms with Gasteiger partial charge in [0.1, 0.15) is 12.0 Å². The second-order valence-electron chi connectivity index (χ2n) is 6.69. The first-order valence-corrected chi connectivity index (χ1v) is 8.86. The molecule has 1 amide bonds. The Hall–Kier alpha value is -3.82. The van der Waals surface area contributed by atoms with Crippen LogP contribution in [0, 0.1) is 6.92 Å². The predicted octanol–water partition coefficient (Wildman–Crippen LogP) is 1.33. The number of aromatic nitrogens is 4. The number of aromatic carboxylic acids is 1. The van der Waals surface area contributed by atoms with Gasteiger partial charge in [0.25, 0.3) is 11.7 Å². The fourth-order valence-corrected chi connectivity index (χ4v) is 3.69. The Labute approximate surface area is 164 Å². The molecule has 1 aromatic carbocycles. The number of methoxy groups -OCH3 is 1. The number of carboxylic acids is 1. The maximum Gasteiger partial charge on any atom is 0.354 e. The summed E-state index contributed by atoms with van der Waals surface area (Å²) in [7, 11) is 1.34. The van der Waals surface area contributed by atoms with E-state index in [1.165, 1.54) is 23.9 Å². The van der Waals surface area contributed by atoms with Crippen molar-refractivity contribution in [1.82, 2.24) is 24.9 Å². The van der Waals surface area contributed by atoms with Crippen LogP contribution in [-0.2, 0) is 11.2 Å². The van der Waals surface area contributed by atoms with Crippen molar-refractivity contribution >= 4 is 23.6 Å². The molecule has 1 atom stereocenters. The maximum atomic E-state index is 12.9. The average Bonchev–Trinajstić information content (AvgIpc) is 3.34. The molecule has 0 aliphatic heterocycles. The van der Waals surface area contributed by atoms with Crippen molar-refractivity contribution in [3.8, 4) is 0 Å². The van der Waals surface area contributed by atoms with E-state index >= 15 is 0 Å². The van der Waals surface area contributed by atoms with Crippen LogP contribution in [0.25, 0.3) is 5.78 Å². The minimum atomic E-state index is -1.26. The highest BCUT2D eigenvalue weighted by atomic mass is 16.5. The molecule has 10 nitrogen and oxygen atoms in total. The minimum Gasteiger partial charge on any atom is -0.477 e. The molecule has 0 bridgehead atoms. The fraction of sp³-hybridized carbons (Fsp3) is 0.263. The van der Waals surface area contributed by atoms with E-state index in [2.05, 4.69) is 20.5 Å². The topological polar surface area (TPSA) is 136 Å². The number of hydrogen-bond donors (Lipinski definition) is 2. The second-order valence-corrected chi connectivity index (χ2v) is 6.69. The first-order valence-electron chi connectivity index (χ1n) is 8.86. The number of esters is 1. The summed E-state index contributed by atoms with van der Waals surface area (Å²) in [5, 5.41) is 19.6. The van der Waals surface area contributed by atoms with Crippen LogP contribution >= 0.6 is 0 Å². The van der Waals surface area contributed by atoms with Gasteiger partial charge in [0.2, 0.25) is 0 Å². The molecule has 0 spiro atoms. The third-order valence-corrected chi connectivity index (χ3v) is 5.14. The lowest BCUT2D eigenvalue weighted by Crippen LogP contribution is -2.29. The molecule has 1 aliphatic rings. The number of carboxylic acid groups (broad SMARTS) is 1. The van der Waals surface area contributed by atoms with Crippen molar-refractivity contribution in [2.75, 3.05) is 7.11 Å². The minimum absolute atomic E-state index is 0.0282. The largest absolute Gasteiger partial charge is 0.477 e. The number of ether oxygens (including phenoxy) is 1. The van der Waals surface area contributed by atoms with Gasteiger partial charge < -0.3 is 15.2 Å². The molecule has 148 valence electrons. The van der Waals surface area contributed by atoms with Crippen LogP contribution in [-0.4, -0.2) is 49.6 Å². The number of fused-ring (bicyclic) bond motifs is 2. The van der Waals surface area contributed by atoms with E-state index in [1.807, 2.05) is 13.0 Å². The number of rotatable bonds is 4. The number of carbonyl (C=O) groups is 3. The summed E-state index contributed by atoms with van der Waals surface area (Å²) in [6, 6.07) is 4.43. The van der Waals surface area contributed by atoms with Crippen molar-refractivity contribution in [3.05, 3.63) is 58.2 Å². The Kier molecular flexibility index (Phi) is 4.45. The van der Waals surface area contributed by atoms with E-state index < -0.39 is 17.8 Å². The SMILES string of the molecule is COC(=O)c1ccc2c(c1C)CC[C@@H]2NC(=O)c1cc(C(=O)O)nc2nncn12. The van der Waals surface area contributed by atoms with Gasteiger partial charge in [-0.2, -0.15) is 0 Å². The molecule has 2 heterocycles. The normalized spacial score (nSPS) is 15.2. The van der Waals surface area contributed by atoms with E-state index in [-0.39, 0.29) is 23.2 Å². The molecule has 0 unspecified atom stereocenters. The Morgan fingerprint density at radius 3 is 2.83 bits per heavy atom. The molecule has 29 heavy (non-hydrogen) atoms. The molecule has 10 heteroatoms. The summed E-state index contributed by atoms with van der Waals surface area (Å²) in [6.07, 6.45) is 2.67. The standard InChI is InChI=1S/C19H17N5O5/c1-9-10-5-6-13(12(10)4-3-11(9)18(28)29-2)21-16(25)15-7-14(17(26)27)22-19-23-20-8-24(15)19/h3-4,7-8,13H,5-6H2,1-2H3,(H,21,25)(H,26,27)/t13-/m0/s1. The van der Waals surface area contributed by atoms with Gasteiger partial charge in [-0.25, -0.2) is 14.6 Å². The zero-order valence-corrected chi connectivity index (χ0v) is 15.7. The van der Waals surface area contributed by atoms with Crippen LogP contribution in [0.3, 0.4) is 0 Å².